The van der Waals surface area contributed by atoms with Crippen LogP contribution in [0.4, 0.5) is 4.39 Å². The Bertz CT molecular complexity index is 1370. The van der Waals surface area contributed by atoms with E-state index in [1.54, 1.807) is 30.0 Å². The molecule has 4 aromatic rings. The van der Waals surface area contributed by atoms with Gasteiger partial charge in [-0.3, -0.25) is 0 Å². The molecule has 0 aliphatic heterocycles. The van der Waals surface area contributed by atoms with Crippen molar-refractivity contribution in [3.05, 3.63) is 125 Å². The van der Waals surface area contributed by atoms with Crippen molar-refractivity contribution in [1.29, 1.82) is 0 Å². The lowest BCUT2D eigenvalue weighted by Crippen LogP contribution is -2.09. The van der Waals surface area contributed by atoms with Gasteiger partial charge in [0.1, 0.15) is 11.6 Å². The zero-order chi connectivity index (χ0) is 25.5. The molecule has 0 bridgehead atoms. The van der Waals surface area contributed by atoms with Gasteiger partial charge >= 0.3 is 5.97 Å². The summed E-state index contributed by atoms with van der Waals surface area (Å²) in [6.45, 7) is 1.52. The molecule has 0 fully saturated rings. The summed E-state index contributed by atoms with van der Waals surface area (Å²) in [5, 5.41) is 9.51. The molecule has 4 aromatic carbocycles. The highest BCUT2D eigenvalue weighted by molar-refractivity contribution is 7.99. The fourth-order valence-electron chi connectivity index (χ4n) is 3.75. The second-order valence-corrected chi connectivity index (χ2v) is 9.66. The molecule has 0 amide bonds. The Balaban J connectivity index is 1.55. The fourth-order valence-corrected chi connectivity index (χ4v) is 4.74. The fraction of sp³-hybridized carbons (Fsp3) is 0.100. The maximum Gasteiger partial charge on any atom is 0.341 e. The zero-order valence-electron chi connectivity index (χ0n) is 19.6. The Morgan fingerprint density at radius 1 is 0.917 bits per heavy atom. The van der Waals surface area contributed by atoms with Crippen LogP contribution in [0.2, 0.25) is 5.02 Å². The third kappa shape index (κ3) is 6.78. The molecule has 0 atom stereocenters. The summed E-state index contributed by atoms with van der Waals surface area (Å²) < 4.78 is 18.9. The van der Waals surface area contributed by atoms with E-state index in [1.807, 2.05) is 43.3 Å². The topological polar surface area (TPSA) is 46.5 Å². The van der Waals surface area contributed by atoms with Crippen LogP contribution in [0.1, 0.15) is 16.7 Å². The van der Waals surface area contributed by atoms with Crippen LogP contribution in [-0.4, -0.2) is 23.4 Å². The molecule has 3 nitrogen and oxygen atoms in total. The minimum absolute atomic E-state index is 0.272. The molecule has 182 valence electrons. The molecule has 0 unspecified atom stereocenters. The third-order valence-corrected chi connectivity index (χ3v) is 6.74. The Labute approximate surface area is 219 Å². The number of carboxylic acid groups (broad SMARTS) is 1. The number of hydrogen-bond acceptors (Lipinski definition) is 3. The lowest BCUT2D eigenvalue weighted by molar-refractivity contribution is -0.139. The van der Waals surface area contributed by atoms with Gasteiger partial charge in [-0.25, -0.2) is 9.18 Å². The Hall–Kier alpha value is -3.54. The monoisotopic (exact) mass is 518 g/mol. The molecule has 36 heavy (non-hydrogen) atoms. The first-order valence-corrected chi connectivity index (χ1v) is 12.7. The van der Waals surface area contributed by atoms with Crippen LogP contribution >= 0.6 is 23.4 Å². The third-order valence-electron chi connectivity index (χ3n) is 5.56. The summed E-state index contributed by atoms with van der Waals surface area (Å²) in [5.74, 6) is -0.0238. The average Bonchev–Trinajstić information content (AvgIpc) is 2.87. The summed E-state index contributed by atoms with van der Waals surface area (Å²) in [6, 6.07) is 28.2. The number of benzene rings is 4. The van der Waals surface area contributed by atoms with Crippen molar-refractivity contribution < 1.29 is 19.0 Å². The largest absolute Gasteiger partial charge is 0.482 e. The number of carboxylic acids is 1. The molecule has 0 saturated heterocycles. The van der Waals surface area contributed by atoms with Crippen molar-refractivity contribution in [2.24, 2.45) is 0 Å². The molecule has 0 radical (unpaired) electrons. The first-order valence-electron chi connectivity index (χ1n) is 11.3. The smallest absolute Gasteiger partial charge is 0.341 e. The SMILES string of the molecule is Cc1cc(SC/C=C(\c2ccc(F)cc2)c2ccc(-c3ccc(Cl)cc3)cc2)ccc1OCC(=O)O. The van der Waals surface area contributed by atoms with E-state index >= 15 is 0 Å². The summed E-state index contributed by atoms with van der Waals surface area (Å²) in [7, 11) is 0. The van der Waals surface area contributed by atoms with Crippen LogP contribution in [0, 0.1) is 12.7 Å². The number of rotatable bonds is 9. The summed E-state index contributed by atoms with van der Waals surface area (Å²) in [6.07, 6.45) is 2.14. The van der Waals surface area contributed by atoms with Gasteiger partial charge in [0.05, 0.1) is 0 Å². The lowest BCUT2D eigenvalue weighted by Gasteiger charge is -2.11. The van der Waals surface area contributed by atoms with Crippen molar-refractivity contribution in [3.63, 3.8) is 0 Å². The highest BCUT2D eigenvalue weighted by atomic mass is 35.5. The van der Waals surface area contributed by atoms with Crippen LogP contribution in [0.5, 0.6) is 5.75 Å². The van der Waals surface area contributed by atoms with E-state index in [4.69, 9.17) is 21.4 Å². The van der Waals surface area contributed by atoms with Crippen molar-refractivity contribution in [2.75, 3.05) is 12.4 Å². The quantitative estimate of drug-likeness (QED) is 0.227. The van der Waals surface area contributed by atoms with Crippen molar-refractivity contribution in [2.45, 2.75) is 11.8 Å². The minimum atomic E-state index is -1.01. The van der Waals surface area contributed by atoms with E-state index in [9.17, 15) is 9.18 Å². The molecular weight excluding hydrogens is 495 g/mol. The van der Waals surface area contributed by atoms with Gasteiger partial charge in [0.25, 0.3) is 0 Å². The molecule has 6 heteroatoms. The van der Waals surface area contributed by atoms with E-state index in [0.717, 1.165) is 38.3 Å². The lowest BCUT2D eigenvalue weighted by atomic mass is 9.95. The molecule has 0 spiro atoms. The average molecular weight is 519 g/mol. The Morgan fingerprint density at radius 2 is 1.50 bits per heavy atom. The molecule has 4 rings (SSSR count). The van der Waals surface area contributed by atoms with Gasteiger partial charge in [-0.05, 0) is 82.8 Å². The number of halogens is 2. The molecule has 1 N–H and O–H groups in total. The van der Waals surface area contributed by atoms with Gasteiger partial charge in [-0.2, -0.15) is 0 Å². The second kappa shape index (κ2) is 11.9. The highest BCUT2D eigenvalue weighted by Crippen LogP contribution is 2.30. The molecule has 0 aromatic heterocycles. The van der Waals surface area contributed by atoms with Gasteiger partial charge in [-0.1, -0.05) is 66.2 Å². The van der Waals surface area contributed by atoms with Gasteiger partial charge in [-0.15, -0.1) is 11.8 Å². The Morgan fingerprint density at radius 3 is 2.08 bits per heavy atom. The highest BCUT2D eigenvalue weighted by Gasteiger charge is 2.08. The number of ether oxygens (including phenoxy) is 1. The van der Waals surface area contributed by atoms with Crippen LogP contribution in [0.3, 0.4) is 0 Å². The first-order chi connectivity index (χ1) is 17.4. The number of hydrogen-bond donors (Lipinski definition) is 1. The predicted molar refractivity (Wildman–Crippen MR) is 145 cm³/mol. The van der Waals surface area contributed by atoms with Crippen LogP contribution in [-0.2, 0) is 4.79 Å². The zero-order valence-corrected chi connectivity index (χ0v) is 21.2. The number of aryl methyl sites for hydroxylation is 1. The standard InChI is InChI=1S/C30H24ClFO3S/c1-20-18-27(14-15-29(20)35-19-30(33)34)36-17-16-28(24-8-12-26(32)13-9-24)23-4-2-21(3-5-23)22-6-10-25(31)11-7-22/h2-16,18H,17,19H2,1H3,(H,33,34)/b28-16-. The number of thioether (sulfide) groups is 1. The maximum absolute atomic E-state index is 13.6. The van der Waals surface area contributed by atoms with Crippen LogP contribution in [0.15, 0.2) is 102 Å². The normalized spacial score (nSPS) is 11.4. The van der Waals surface area contributed by atoms with Gasteiger partial charge in [0.15, 0.2) is 6.61 Å². The predicted octanol–water partition coefficient (Wildman–Crippen LogP) is 8.14. The van der Waals surface area contributed by atoms with E-state index < -0.39 is 5.97 Å². The van der Waals surface area contributed by atoms with E-state index in [0.29, 0.717) is 16.5 Å². The Kier molecular flexibility index (Phi) is 8.47. The van der Waals surface area contributed by atoms with Crippen molar-refractivity contribution in [3.8, 4) is 16.9 Å². The van der Waals surface area contributed by atoms with Crippen LogP contribution < -0.4 is 4.74 Å². The van der Waals surface area contributed by atoms with E-state index in [1.165, 1.54) is 12.1 Å². The summed E-state index contributed by atoms with van der Waals surface area (Å²) in [4.78, 5) is 11.8. The molecule has 0 aliphatic carbocycles. The number of aliphatic carboxylic acids is 1. The van der Waals surface area contributed by atoms with Gasteiger partial charge in [0.2, 0.25) is 0 Å². The summed E-state index contributed by atoms with van der Waals surface area (Å²) in [5.41, 5.74) is 6.03. The van der Waals surface area contributed by atoms with Gasteiger partial charge in [0, 0.05) is 15.7 Å². The molecule has 0 heterocycles. The van der Waals surface area contributed by atoms with E-state index in [-0.39, 0.29) is 12.4 Å². The first kappa shape index (κ1) is 25.5. The van der Waals surface area contributed by atoms with Crippen molar-refractivity contribution in [1.82, 2.24) is 0 Å². The second-order valence-electron chi connectivity index (χ2n) is 8.13. The van der Waals surface area contributed by atoms with Crippen molar-refractivity contribution >= 4 is 34.9 Å². The molecule has 0 aliphatic rings. The van der Waals surface area contributed by atoms with E-state index in [2.05, 4.69) is 30.3 Å². The molecular formula is C30H24ClFO3S. The maximum atomic E-state index is 13.6. The van der Waals surface area contributed by atoms with Crippen LogP contribution in [0.25, 0.3) is 16.7 Å². The minimum Gasteiger partial charge on any atom is -0.482 e. The number of carbonyl (C=O) groups is 1. The van der Waals surface area contributed by atoms with Gasteiger partial charge < -0.3 is 9.84 Å². The summed E-state index contributed by atoms with van der Waals surface area (Å²) >= 11 is 7.67. The molecule has 0 saturated carbocycles.